The lowest BCUT2D eigenvalue weighted by molar-refractivity contribution is -0.114. The van der Waals surface area contributed by atoms with Gasteiger partial charge >= 0.3 is 0 Å². The quantitative estimate of drug-likeness (QED) is 0.683. The van der Waals surface area contributed by atoms with E-state index in [2.05, 4.69) is 5.10 Å². The summed E-state index contributed by atoms with van der Waals surface area (Å²) in [6, 6.07) is 1.96. The summed E-state index contributed by atoms with van der Waals surface area (Å²) in [5.41, 5.74) is 1.96. The topological polar surface area (TPSA) is 34.9 Å². The molecule has 0 aliphatic heterocycles. The molecule has 3 heteroatoms. The monoisotopic (exact) mass is 192 g/mol. The van der Waals surface area contributed by atoms with E-state index in [1.165, 1.54) is 0 Å². The fourth-order valence-corrected chi connectivity index (χ4v) is 1.44. The predicted molar refractivity (Wildman–Crippen MR) is 56.2 cm³/mol. The van der Waals surface area contributed by atoms with E-state index < -0.39 is 0 Å². The molecular formula is C11H16N2O. The van der Waals surface area contributed by atoms with E-state index in [0.717, 1.165) is 17.9 Å². The number of ketones is 1. The van der Waals surface area contributed by atoms with Gasteiger partial charge in [0.15, 0.2) is 5.78 Å². The number of allylic oxidation sites excluding steroid dienone is 2. The summed E-state index contributed by atoms with van der Waals surface area (Å²) in [4.78, 5) is 11.4. The maximum absolute atomic E-state index is 11.4. The summed E-state index contributed by atoms with van der Waals surface area (Å²) in [5, 5.41) is 4.28. The minimum Gasteiger partial charge on any atom is -0.294 e. The van der Waals surface area contributed by atoms with Gasteiger partial charge in [0.25, 0.3) is 0 Å². The third-order valence-corrected chi connectivity index (χ3v) is 1.99. The second-order valence-electron chi connectivity index (χ2n) is 3.24. The largest absolute Gasteiger partial charge is 0.294 e. The SMILES string of the molecule is C/C=C/C(=O)Cc1cc(C)nn1CC. The van der Waals surface area contributed by atoms with Crippen LogP contribution in [0.5, 0.6) is 0 Å². The molecule has 0 bridgehead atoms. The summed E-state index contributed by atoms with van der Waals surface area (Å²) in [7, 11) is 0. The lowest BCUT2D eigenvalue weighted by Crippen LogP contribution is -2.07. The maximum atomic E-state index is 11.4. The van der Waals surface area contributed by atoms with Crippen molar-refractivity contribution in [3.05, 3.63) is 29.6 Å². The molecule has 0 radical (unpaired) electrons. The number of hydrogen-bond acceptors (Lipinski definition) is 2. The van der Waals surface area contributed by atoms with Gasteiger partial charge < -0.3 is 0 Å². The van der Waals surface area contributed by atoms with Crippen molar-refractivity contribution in [3.63, 3.8) is 0 Å². The van der Waals surface area contributed by atoms with Crippen LogP contribution < -0.4 is 0 Å². The van der Waals surface area contributed by atoms with E-state index in [1.807, 2.05) is 31.5 Å². The molecule has 1 heterocycles. The molecule has 3 nitrogen and oxygen atoms in total. The molecule has 0 fully saturated rings. The molecule has 14 heavy (non-hydrogen) atoms. The molecule has 0 spiro atoms. The van der Waals surface area contributed by atoms with Crippen molar-refractivity contribution in [2.24, 2.45) is 0 Å². The first kappa shape index (κ1) is 10.7. The zero-order valence-electron chi connectivity index (χ0n) is 8.95. The molecule has 0 aliphatic rings. The number of carbonyl (C=O) groups is 1. The highest BCUT2D eigenvalue weighted by molar-refractivity contribution is 5.91. The van der Waals surface area contributed by atoms with Gasteiger partial charge in [-0.15, -0.1) is 0 Å². The fraction of sp³-hybridized carbons (Fsp3) is 0.455. The lowest BCUT2D eigenvalue weighted by Gasteiger charge is -2.01. The van der Waals surface area contributed by atoms with Crippen LogP contribution in [0.4, 0.5) is 0 Å². The normalized spacial score (nSPS) is 11.1. The van der Waals surface area contributed by atoms with E-state index in [0.29, 0.717) is 6.42 Å². The smallest absolute Gasteiger partial charge is 0.161 e. The number of rotatable bonds is 4. The molecule has 0 N–H and O–H groups in total. The van der Waals surface area contributed by atoms with Crippen LogP contribution in [-0.2, 0) is 17.8 Å². The summed E-state index contributed by atoms with van der Waals surface area (Å²) >= 11 is 0. The third-order valence-electron chi connectivity index (χ3n) is 1.99. The van der Waals surface area contributed by atoms with E-state index in [-0.39, 0.29) is 5.78 Å². The molecule has 1 rings (SSSR count). The second kappa shape index (κ2) is 4.74. The van der Waals surface area contributed by atoms with Crippen LogP contribution in [-0.4, -0.2) is 15.6 Å². The van der Waals surface area contributed by atoms with Crippen molar-refractivity contribution in [2.45, 2.75) is 33.7 Å². The molecular weight excluding hydrogens is 176 g/mol. The molecule has 76 valence electrons. The zero-order chi connectivity index (χ0) is 10.6. The molecule has 0 unspecified atom stereocenters. The number of aromatic nitrogens is 2. The molecule has 1 aromatic rings. The summed E-state index contributed by atoms with van der Waals surface area (Å²) in [6.45, 7) is 6.62. The van der Waals surface area contributed by atoms with E-state index >= 15 is 0 Å². The first-order valence-electron chi connectivity index (χ1n) is 4.86. The summed E-state index contributed by atoms with van der Waals surface area (Å²) in [5.74, 6) is 0.127. The average molecular weight is 192 g/mol. The standard InChI is InChI=1S/C11H16N2O/c1-4-6-11(14)8-10-7-9(3)12-13(10)5-2/h4,6-7H,5,8H2,1-3H3/b6-4+. The van der Waals surface area contributed by atoms with Crippen molar-refractivity contribution in [1.29, 1.82) is 0 Å². The molecule has 1 aromatic heterocycles. The number of hydrogen-bond donors (Lipinski definition) is 0. The summed E-state index contributed by atoms with van der Waals surface area (Å²) in [6.07, 6.45) is 3.81. The molecule has 0 saturated heterocycles. The van der Waals surface area contributed by atoms with Gasteiger partial charge in [0.05, 0.1) is 12.1 Å². The van der Waals surface area contributed by atoms with Gasteiger partial charge in [-0.05, 0) is 32.9 Å². The number of aryl methyl sites for hydroxylation is 2. The molecule has 0 atom stereocenters. The molecule has 0 aliphatic carbocycles. The van der Waals surface area contributed by atoms with Crippen molar-refractivity contribution >= 4 is 5.78 Å². The Kier molecular flexibility index (Phi) is 3.63. The first-order valence-corrected chi connectivity index (χ1v) is 4.86. The Morgan fingerprint density at radius 1 is 1.64 bits per heavy atom. The Labute approximate surface area is 84.4 Å². The number of carbonyl (C=O) groups excluding carboxylic acids is 1. The van der Waals surface area contributed by atoms with Crippen LogP contribution in [0.2, 0.25) is 0 Å². The van der Waals surface area contributed by atoms with Crippen LogP contribution in [0.3, 0.4) is 0 Å². The maximum Gasteiger partial charge on any atom is 0.161 e. The van der Waals surface area contributed by atoms with Gasteiger partial charge in [0.1, 0.15) is 0 Å². The van der Waals surface area contributed by atoms with Crippen molar-refractivity contribution in [2.75, 3.05) is 0 Å². The third kappa shape index (κ3) is 2.55. The zero-order valence-corrected chi connectivity index (χ0v) is 8.95. The van der Waals surface area contributed by atoms with Gasteiger partial charge in [0, 0.05) is 12.2 Å². The van der Waals surface area contributed by atoms with Crippen LogP contribution in [0.25, 0.3) is 0 Å². The lowest BCUT2D eigenvalue weighted by atomic mass is 10.2. The first-order chi connectivity index (χ1) is 6.67. The minimum absolute atomic E-state index is 0.127. The highest BCUT2D eigenvalue weighted by Crippen LogP contribution is 2.05. The summed E-state index contributed by atoms with van der Waals surface area (Å²) < 4.78 is 1.87. The van der Waals surface area contributed by atoms with Crippen LogP contribution in [0.1, 0.15) is 25.2 Å². The fourth-order valence-electron chi connectivity index (χ4n) is 1.44. The van der Waals surface area contributed by atoms with Gasteiger partial charge in [-0.2, -0.15) is 5.10 Å². The highest BCUT2D eigenvalue weighted by Gasteiger charge is 2.06. The average Bonchev–Trinajstić information content (AvgIpc) is 2.46. The molecule has 0 aromatic carbocycles. The van der Waals surface area contributed by atoms with Crippen LogP contribution in [0.15, 0.2) is 18.2 Å². The van der Waals surface area contributed by atoms with Gasteiger partial charge in [0.2, 0.25) is 0 Å². The Morgan fingerprint density at radius 3 is 2.93 bits per heavy atom. The van der Waals surface area contributed by atoms with Gasteiger partial charge in [-0.25, -0.2) is 0 Å². The predicted octanol–water partition coefficient (Wildman–Crippen LogP) is 1.90. The minimum atomic E-state index is 0.127. The van der Waals surface area contributed by atoms with Crippen molar-refractivity contribution in [1.82, 2.24) is 9.78 Å². The van der Waals surface area contributed by atoms with Crippen molar-refractivity contribution in [3.8, 4) is 0 Å². The number of nitrogens with zero attached hydrogens (tertiary/aromatic N) is 2. The van der Waals surface area contributed by atoms with Crippen molar-refractivity contribution < 1.29 is 4.79 Å². The molecule has 0 saturated carbocycles. The van der Waals surface area contributed by atoms with E-state index in [9.17, 15) is 4.79 Å². The highest BCUT2D eigenvalue weighted by atomic mass is 16.1. The Balaban J connectivity index is 2.79. The van der Waals surface area contributed by atoms with E-state index in [4.69, 9.17) is 0 Å². The Hall–Kier alpha value is -1.38. The van der Waals surface area contributed by atoms with Crippen LogP contribution in [0, 0.1) is 6.92 Å². The van der Waals surface area contributed by atoms with Gasteiger partial charge in [-0.1, -0.05) is 6.08 Å². The van der Waals surface area contributed by atoms with E-state index in [1.54, 1.807) is 12.2 Å². The Morgan fingerprint density at radius 2 is 2.36 bits per heavy atom. The Bertz CT molecular complexity index is 350. The second-order valence-corrected chi connectivity index (χ2v) is 3.24. The van der Waals surface area contributed by atoms with Crippen LogP contribution >= 0.6 is 0 Å². The molecule has 0 amide bonds. The van der Waals surface area contributed by atoms with Gasteiger partial charge in [-0.3, -0.25) is 9.48 Å².